The number of nitrogens with one attached hydrogen (secondary N) is 1. The molecule has 0 saturated carbocycles. The number of rotatable bonds is 0. The van der Waals surface area contributed by atoms with Crippen LogP contribution in [0.15, 0.2) is 6.33 Å². The Morgan fingerprint density at radius 3 is 3.60 bits per heavy atom. The third kappa shape index (κ3) is 0.806. The first-order valence-corrected chi connectivity index (χ1v) is 3.46. The van der Waals surface area contributed by atoms with Crippen LogP contribution in [0.1, 0.15) is 5.82 Å². The second kappa shape index (κ2) is 2.05. The Morgan fingerprint density at radius 1 is 1.80 bits per heavy atom. The van der Waals surface area contributed by atoms with Crippen LogP contribution in [0.5, 0.6) is 0 Å². The third-order valence-electron chi connectivity index (χ3n) is 1.88. The number of aromatic nitrogens is 3. The number of fused-ring (bicyclic) bond motifs is 1. The summed E-state index contributed by atoms with van der Waals surface area (Å²) >= 11 is 0. The van der Waals surface area contributed by atoms with Crippen molar-refractivity contribution in [2.24, 2.45) is 0 Å². The molecule has 1 aliphatic rings. The lowest BCUT2D eigenvalue weighted by Crippen LogP contribution is -2.47. The average molecular weight is 139 g/mol. The maximum atomic E-state index is 3.95. The van der Waals surface area contributed by atoms with Crippen LogP contribution in [0, 0.1) is 0 Å². The van der Waals surface area contributed by atoms with Gasteiger partial charge in [-0.3, -0.25) is 4.90 Å². The zero-order valence-electron chi connectivity index (χ0n) is 6.04. The number of hydrogen-bond donors (Lipinski definition) is 1. The summed E-state index contributed by atoms with van der Waals surface area (Å²) in [5, 5.41) is 6.91. The zero-order valence-corrected chi connectivity index (χ0v) is 6.04. The molecule has 0 bridgehead atoms. The molecule has 0 saturated heterocycles. The van der Waals surface area contributed by atoms with Gasteiger partial charge in [0.05, 0.1) is 13.1 Å². The molecule has 0 fully saturated rings. The van der Waals surface area contributed by atoms with Crippen molar-refractivity contribution in [1.82, 2.24) is 15.1 Å². The Morgan fingerprint density at radius 2 is 2.70 bits per heavy atom. The summed E-state index contributed by atoms with van der Waals surface area (Å²) in [6.07, 6.45) is 1.85. The smallest absolute Gasteiger partial charge is 0.265 e. The van der Waals surface area contributed by atoms with Crippen LogP contribution >= 0.6 is 0 Å². The van der Waals surface area contributed by atoms with Gasteiger partial charge in [-0.2, -0.15) is 0 Å². The fourth-order valence-corrected chi connectivity index (χ4v) is 1.24. The van der Waals surface area contributed by atoms with Gasteiger partial charge < -0.3 is 0 Å². The molecule has 0 radical (unpaired) electrons. The highest BCUT2D eigenvalue weighted by Crippen LogP contribution is 1.97. The maximum Gasteiger partial charge on any atom is 0.265 e. The van der Waals surface area contributed by atoms with Gasteiger partial charge in [-0.05, 0) is 7.05 Å². The van der Waals surface area contributed by atoms with Gasteiger partial charge in [0.1, 0.15) is 0 Å². The van der Waals surface area contributed by atoms with Crippen molar-refractivity contribution >= 4 is 0 Å². The molecule has 1 N–H and O–H groups in total. The highest BCUT2D eigenvalue weighted by Gasteiger charge is 2.18. The SMILES string of the molecule is CN1CC[n+]2cn[nH]c2C1. The van der Waals surface area contributed by atoms with Crippen LogP contribution in [0.2, 0.25) is 0 Å². The molecular formula is C6H11N4+. The first-order valence-electron chi connectivity index (χ1n) is 3.46. The molecule has 0 spiro atoms. The predicted octanol–water partition coefficient (Wildman–Crippen LogP) is -0.857. The lowest BCUT2D eigenvalue weighted by molar-refractivity contribution is -0.711. The standard InChI is InChI=1S/C6H10N4/c1-9-2-3-10-5-7-8-6(10)4-9/h5H,2-4H2,1H3/p+1. The van der Waals surface area contributed by atoms with Gasteiger partial charge in [-0.1, -0.05) is 0 Å². The van der Waals surface area contributed by atoms with Gasteiger partial charge in [0, 0.05) is 11.6 Å². The van der Waals surface area contributed by atoms with E-state index in [9.17, 15) is 0 Å². The summed E-state index contributed by atoms with van der Waals surface area (Å²) in [5.41, 5.74) is 0. The topological polar surface area (TPSA) is 35.8 Å². The van der Waals surface area contributed by atoms with Crippen molar-refractivity contribution in [3.63, 3.8) is 0 Å². The Hall–Kier alpha value is -0.900. The molecule has 1 aromatic rings. The van der Waals surface area contributed by atoms with Crippen LogP contribution in [0.3, 0.4) is 0 Å². The first-order chi connectivity index (χ1) is 4.86. The minimum Gasteiger partial charge on any atom is -0.293 e. The maximum absolute atomic E-state index is 3.95. The van der Waals surface area contributed by atoms with E-state index in [4.69, 9.17) is 0 Å². The quantitative estimate of drug-likeness (QED) is 0.475. The van der Waals surface area contributed by atoms with E-state index in [1.54, 1.807) is 0 Å². The molecule has 0 aliphatic carbocycles. The zero-order chi connectivity index (χ0) is 6.97. The van der Waals surface area contributed by atoms with Gasteiger partial charge in [0.25, 0.3) is 6.33 Å². The summed E-state index contributed by atoms with van der Waals surface area (Å²) in [6.45, 7) is 3.17. The summed E-state index contributed by atoms with van der Waals surface area (Å²) in [7, 11) is 2.12. The number of aromatic amines is 1. The lowest BCUT2D eigenvalue weighted by Gasteiger charge is -2.18. The second-order valence-electron chi connectivity index (χ2n) is 2.73. The lowest BCUT2D eigenvalue weighted by atomic mass is 10.4. The monoisotopic (exact) mass is 139 g/mol. The first kappa shape index (κ1) is 5.85. The molecule has 0 atom stereocenters. The van der Waals surface area contributed by atoms with Gasteiger partial charge in [-0.25, -0.2) is 4.57 Å². The van der Waals surface area contributed by atoms with E-state index in [2.05, 4.69) is 26.7 Å². The van der Waals surface area contributed by atoms with Gasteiger partial charge >= 0.3 is 0 Å². The number of likely N-dealkylation sites (N-methyl/N-ethyl adjacent to an activating group) is 1. The van der Waals surface area contributed by atoms with Crippen LogP contribution in [-0.2, 0) is 13.1 Å². The molecular weight excluding hydrogens is 128 g/mol. The number of nitrogens with zero attached hydrogens (tertiary/aromatic N) is 3. The molecule has 4 heteroatoms. The predicted molar refractivity (Wildman–Crippen MR) is 35.1 cm³/mol. The van der Waals surface area contributed by atoms with Crippen LogP contribution < -0.4 is 4.57 Å². The van der Waals surface area contributed by atoms with E-state index in [0.29, 0.717) is 0 Å². The largest absolute Gasteiger partial charge is 0.293 e. The van der Waals surface area contributed by atoms with E-state index in [1.165, 1.54) is 5.82 Å². The normalized spacial score (nSPS) is 18.9. The van der Waals surface area contributed by atoms with Crippen LogP contribution in [0.4, 0.5) is 0 Å². The summed E-state index contributed by atoms with van der Waals surface area (Å²) in [4.78, 5) is 2.27. The Labute approximate surface area is 59.5 Å². The molecule has 4 nitrogen and oxygen atoms in total. The fourth-order valence-electron chi connectivity index (χ4n) is 1.24. The summed E-state index contributed by atoms with van der Waals surface area (Å²) < 4.78 is 2.15. The minimum absolute atomic E-state index is 0.986. The Kier molecular flexibility index (Phi) is 1.20. The van der Waals surface area contributed by atoms with E-state index < -0.39 is 0 Å². The van der Waals surface area contributed by atoms with Crippen molar-refractivity contribution < 1.29 is 4.57 Å². The van der Waals surface area contributed by atoms with Gasteiger partial charge in [-0.15, -0.1) is 5.10 Å². The van der Waals surface area contributed by atoms with Crippen molar-refractivity contribution in [3.8, 4) is 0 Å². The summed E-state index contributed by atoms with van der Waals surface area (Å²) in [6, 6.07) is 0. The van der Waals surface area contributed by atoms with Crippen molar-refractivity contribution in [3.05, 3.63) is 12.2 Å². The van der Waals surface area contributed by atoms with Crippen LogP contribution in [0.25, 0.3) is 0 Å². The number of hydrogen-bond acceptors (Lipinski definition) is 2. The molecule has 0 aromatic carbocycles. The van der Waals surface area contributed by atoms with E-state index >= 15 is 0 Å². The molecule has 1 aromatic heterocycles. The van der Waals surface area contributed by atoms with E-state index in [0.717, 1.165) is 19.6 Å². The second-order valence-corrected chi connectivity index (χ2v) is 2.73. The highest BCUT2D eigenvalue weighted by molar-refractivity contribution is 4.72. The average Bonchev–Trinajstić information content (AvgIpc) is 2.33. The van der Waals surface area contributed by atoms with Crippen LogP contribution in [-0.4, -0.2) is 28.7 Å². The molecule has 10 heavy (non-hydrogen) atoms. The molecule has 1 aliphatic heterocycles. The third-order valence-corrected chi connectivity index (χ3v) is 1.88. The highest BCUT2D eigenvalue weighted by atomic mass is 15.3. The Bertz CT molecular complexity index is 229. The van der Waals surface area contributed by atoms with Crippen molar-refractivity contribution in [2.45, 2.75) is 13.1 Å². The van der Waals surface area contributed by atoms with Gasteiger partial charge in [0.15, 0.2) is 0 Å². The minimum atomic E-state index is 0.986. The van der Waals surface area contributed by atoms with E-state index in [1.807, 2.05) is 6.33 Å². The summed E-state index contributed by atoms with van der Waals surface area (Å²) in [5.74, 6) is 1.20. The molecule has 2 rings (SSSR count). The van der Waals surface area contributed by atoms with Crippen molar-refractivity contribution in [2.75, 3.05) is 13.6 Å². The molecule has 2 heterocycles. The van der Waals surface area contributed by atoms with Gasteiger partial charge in [0.2, 0.25) is 5.82 Å². The van der Waals surface area contributed by atoms with Crippen molar-refractivity contribution in [1.29, 1.82) is 0 Å². The Balaban J connectivity index is 2.30. The fraction of sp³-hybridized carbons (Fsp3) is 0.667. The molecule has 0 amide bonds. The molecule has 54 valence electrons. The van der Waals surface area contributed by atoms with E-state index in [-0.39, 0.29) is 0 Å². The number of H-pyrrole nitrogens is 1. The molecule has 0 unspecified atom stereocenters.